The van der Waals surface area contributed by atoms with Gasteiger partial charge in [0.1, 0.15) is 0 Å². The van der Waals surface area contributed by atoms with Crippen LogP contribution >= 0.6 is 11.3 Å². The summed E-state index contributed by atoms with van der Waals surface area (Å²) in [5.74, 6) is 0. The molecule has 0 bridgehead atoms. The summed E-state index contributed by atoms with van der Waals surface area (Å²) < 4.78 is 37.2. The van der Waals surface area contributed by atoms with Crippen LogP contribution in [0, 0.1) is 0 Å². The van der Waals surface area contributed by atoms with Crippen molar-refractivity contribution < 1.29 is 13.2 Å². The van der Waals surface area contributed by atoms with Crippen LogP contribution in [0.4, 0.5) is 18.3 Å². The monoisotopic (exact) mass is 273 g/mol. The van der Waals surface area contributed by atoms with Gasteiger partial charge in [-0.3, -0.25) is 4.98 Å². The van der Waals surface area contributed by atoms with Crippen LogP contribution in [0.15, 0.2) is 29.9 Å². The van der Waals surface area contributed by atoms with Crippen molar-refractivity contribution in [1.29, 1.82) is 0 Å². The molecular formula is C11H10F3N3S. The number of nitrogens with zero attached hydrogens (tertiary/aromatic N) is 3. The Morgan fingerprint density at radius 2 is 2.17 bits per heavy atom. The highest BCUT2D eigenvalue weighted by Gasteiger charge is 2.34. The van der Waals surface area contributed by atoms with Crippen molar-refractivity contribution in [2.24, 2.45) is 0 Å². The smallest absolute Gasteiger partial charge is 0.347 e. The van der Waals surface area contributed by atoms with Crippen molar-refractivity contribution in [3.63, 3.8) is 0 Å². The third kappa shape index (κ3) is 2.98. The minimum atomic E-state index is -4.39. The van der Waals surface area contributed by atoms with E-state index in [-0.39, 0.29) is 0 Å². The van der Waals surface area contributed by atoms with Crippen molar-refractivity contribution in [2.45, 2.75) is 12.7 Å². The van der Waals surface area contributed by atoms with Gasteiger partial charge in [-0.1, -0.05) is 6.07 Å². The number of pyridine rings is 1. The van der Waals surface area contributed by atoms with Crippen LogP contribution in [0.1, 0.15) is 11.3 Å². The Bertz CT molecular complexity index is 510. The number of hydrogen-bond donors (Lipinski definition) is 0. The summed E-state index contributed by atoms with van der Waals surface area (Å²) in [6.45, 7) is 0.471. The zero-order valence-electron chi connectivity index (χ0n) is 9.48. The van der Waals surface area contributed by atoms with Gasteiger partial charge in [-0.25, -0.2) is 4.98 Å². The van der Waals surface area contributed by atoms with Gasteiger partial charge in [0.25, 0.3) is 0 Å². The zero-order chi connectivity index (χ0) is 13.2. The molecule has 0 aliphatic rings. The van der Waals surface area contributed by atoms with Crippen molar-refractivity contribution >= 4 is 16.5 Å². The maximum atomic E-state index is 12.4. The molecule has 96 valence electrons. The molecule has 0 aromatic carbocycles. The SMILES string of the molecule is CN(Cc1cccnc1)c1nc(C(F)(F)F)cs1. The van der Waals surface area contributed by atoms with Crippen LogP contribution in [0.3, 0.4) is 0 Å². The first-order chi connectivity index (χ1) is 8.47. The molecule has 2 rings (SSSR count). The van der Waals surface area contributed by atoms with E-state index < -0.39 is 11.9 Å². The normalized spacial score (nSPS) is 11.6. The molecule has 0 spiro atoms. The summed E-state index contributed by atoms with van der Waals surface area (Å²) in [5, 5.41) is 1.36. The minimum Gasteiger partial charge on any atom is -0.347 e. The predicted molar refractivity (Wildman–Crippen MR) is 63.5 cm³/mol. The van der Waals surface area contributed by atoms with E-state index in [0.29, 0.717) is 11.7 Å². The lowest BCUT2D eigenvalue weighted by molar-refractivity contribution is -0.140. The first-order valence-corrected chi connectivity index (χ1v) is 5.97. The van der Waals surface area contributed by atoms with Crippen molar-refractivity contribution in [3.05, 3.63) is 41.2 Å². The molecule has 0 saturated carbocycles. The van der Waals surface area contributed by atoms with Gasteiger partial charge in [-0.2, -0.15) is 13.2 Å². The third-order valence-corrected chi connectivity index (χ3v) is 3.21. The summed E-state index contributed by atoms with van der Waals surface area (Å²) in [5.41, 5.74) is 0.0734. The summed E-state index contributed by atoms with van der Waals surface area (Å²) in [7, 11) is 1.70. The molecule has 0 saturated heterocycles. The molecule has 0 fully saturated rings. The van der Waals surface area contributed by atoms with Crippen LogP contribution in [-0.2, 0) is 12.7 Å². The number of hydrogen-bond acceptors (Lipinski definition) is 4. The summed E-state index contributed by atoms with van der Waals surface area (Å²) in [6, 6.07) is 3.65. The average molecular weight is 273 g/mol. The van der Waals surface area contributed by atoms with Gasteiger partial charge >= 0.3 is 6.18 Å². The Balaban J connectivity index is 2.10. The summed E-state index contributed by atoms with van der Waals surface area (Å²) in [4.78, 5) is 9.19. The molecule has 0 aliphatic carbocycles. The van der Waals surface area contributed by atoms with E-state index in [1.165, 1.54) is 0 Å². The maximum absolute atomic E-state index is 12.4. The first kappa shape index (κ1) is 12.8. The molecule has 2 aromatic heterocycles. The predicted octanol–water partition coefficient (Wildman–Crippen LogP) is 3.19. The Morgan fingerprint density at radius 3 is 2.72 bits per heavy atom. The Labute approximate surface area is 106 Å². The Hall–Kier alpha value is -1.63. The maximum Gasteiger partial charge on any atom is 0.434 e. The fourth-order valence-electron chi connectivity index (χ4n) is 1.40. The third-order valence-electron chi connectivity index (χ3n) is 2.25. The van der Waals surface area contributed by atoms with Crippen molar-refractivity contribution in [1.82, 2.24) is 9.97 Å². The standard InChI is InChI=1S/C11H10F3N3S/c1-17(6-8-3-2-4-15-5-8)10-16-9(7-18-10)11(12,13)14/h2-5,7H,6H2,1H3. The zero-order valence-corrected chi connectivity index (χ0v) is 10.3. The van der Waals surface area contributed by atoms with Crippen molar-refractivity contribution in [3.8, 4) is 0 Å². The molecule has 7 heteroatoms. The van der Waals surface area contributed by atoms with Gasteiger partial charge in [0.2, 0.25) is 0 Å². The average Bonchev–Trinajstić information content (AvgIpc) is 2.79. The Morgan fingerprint density at radius 1 is 1.39 bits per heavy atom. The highest BCUT2D eigenvalue weighted by molar-refractivity contribution is 7.13. The second kappa shape index (κ2) is 4.93. The highest BCUT2D eigenvalue weighted by Crippen LogP contribution is 2.32. The van der Waals surface area contributed by atoms with E-state index in [2.05, 4.69) is 9.97 Å². The van der Waals surface area contributed by atoms with E-state index >= 15 is 0 Å². The lowest BCUT2D eigenvalue weighted by Gasteiger charge is -2.15. The second-order valence-electron chi connectivity index (χ2n) is 3.73. The van der Waals surface area contributed by atoms with Crippen LogP contribution in [0.5, 0.6) is 0 Å². The number of halogens is 3. The number of rotatable bonds is 3. The van der Waals surface area contributed by atoms with Gasteiger partial charge in [-0.15, -0.1) is 11.3 Å². The topological polar surface area (TPSA) is 29.0 Å². The number of alkyl halides is 3. The quantitative estimate of drug-likeness (QED) is 0.860. The molecule has 0 unspecified atom stereocenters. The number of thiazole rings is 1. The highest BCUT2D eigenvalue weighted by atomic mass is 32.1. The second-order valence-corrected chi connectivity index (χ2v) is 4.57. The largest absolute Gasteiger partial charge is 0.434 e. The van der Waals surface area contributed by atoms with E-state index in [4.69, 9.17) is 0 Å². The molecule has 2 heterocycles. The molecule has 3 nitrogen and oxygen atoms in total. The van der Waals surface area contributed by atoms with Crippen LogP contribution < -0.4 is 4.90 Å². The number of anilines is 1. The molecule has 0 aliphatic heterocycles. The van der Waals surface area contributed by atoms with Gasteiger partial charge in [0.15, 0.2) is 10.8 Å². The van der Waals surface area contributed by atoms with E-state index in [9.17, 15) is 13.2 Å². The molecule has 0 radical (unpaired) electrons. The van der Waals surface area contributed by atoms with Crippen LogP contribution in [-0.4, -0.2) is 17.0 Å². The number of aromatic nitrogens is 2. The van der Waals surface area contributed by atoms with Gasteiger partial charge in [0, 0.05) is 31.4 Å². The van der Waals surface area contributed by atoms with Gasteiger partial charge in [-0.05, 0) is 11.6 Å². The molecule has 0 N–H and O–H groups in total. The van der Waals surface area contributed by atoms with Crippen LogP contribution in [0.2, 0.25) is 0 Å². The van der Waals surface area contributed by atoms with Crippen LogP contribution in [0.25, 0.3) is 0 Å². The summed E-state index contributed by atoms with van der Waals surface area (Å²) in [6.07, 6.45) is -1.06. The van der Waals surface area contributed by atoms with Gasteiger partial charge in [0.05, 0.1) is 0 Å². The fourth-order valence-corrected chi connectivity index (χ4v) is 2.20. The molecule has 0 amide bonds. The first-order valence-electron chi connectivity index (χ1n) is 5.09. The lowest BCUT2D eigenvalue weighted by atomic mass is 10.3. The van der Waals surface area contributed by atoms with Crippen molar-refractivity contribution in [2.75, 3.05) is 11.9 Å². The van der Waals surface area contributed by atoms with E-state index in [0.717, 1.165) is 22.3 Å². The molecule has 0 atom stereocenters. The molecule has 18 heavy (non-hydrogen) atoms. The van der Waals surface area contributed by atoms with Gasteiger partial charge < -0.3 is 4.90 Å². The Kier molecular flexibility index (Phi) is 3.51. The molecular weight excluding hydrogens is 263 g/mol. The summed E-state index contributed by atoms with van der Waals surface area (Å²) >= 11 is 0.978. The fraction of sp³-hybridized carbons (Fsp3) is 0.273. The lowest BCUT2D eigenvalue weighted by Crippen LogP contribution is -2.16. The van der Waals surface area contributed by atoms with E-state index in [1.54, 1.807) is 30.4 Å². The molecule has 2 aromatic rings. The minimum absolute atomic E-state index is 0.339. The van der Waals surface area contributed by atoms with E-state index in [1.807, 2.05) is 6.07 Å².